The fraction of sp³-hybridized carbons (Fsp3) is 0.923. The summed E-state index contributed by atoms with van der Waals surface area (Å²) in [5.74, 6) is 0.521. The van der Waals surface area contributed by atoms with Crippen molar-refractivity contribution in [2.75, 3.05) is 26.2 Å². The second-order valence-electron chi connectivity index (χ2n) is 5.63. The van der Waals surface area contributed by atoms with Gasteiger partial charge in [0.25, 0.3) is 0 Å². The van der Waals surface area contributed by atoms with Gasteiger partial charge in [0.1, 0.15) is 0 Å². The summed E-state index contributed by atoms with van der Waals surface area (Å²) in [6, 6.07) is 0. The number of hydrogen-bond donors (Lipinski definition) is 2. The molecule has 3 N–H and O–H groups in total. The van der Waals surface area contributed by atoms with Crippen molar-refractivity contribution >= 4 is 5.91 Å². The average Bonchev–Trinajstić information content (AvgIpc) is 2.87. The Kier molecular flexibility index (Phi) is 4.05. The lowest BCUT2D eigenvalue weighted by molar-refractivity contribution is -0.142. The summed E-state index contributed by atoms with van der Waals surface area (Å²) in [5, 5.41) is 9.13. The molecule has 1 heterocycles. The van der Waals surface area contributed by atoms with E-state index >= 15 is 0 Å². The number of amides is 1. The number of carbonyl (C=O) groups excluding carboxylic acids is 1. The molecule has 1 aliphatic carbocycles. The van der Waals surface area contributed by atoms with Crippen LogP contribution in [-0.2, 0) is 4.79 Å². The molecule has 1 saturated heterocycles. The molecule has 1 atom stereocenters. The van der Waals surface area contributed by atoms with Gasteiger partial charge < -0.3 is 15.7 Å². The Labute approximate surface area is 103 Å². The van der Waals surface area contributed by atoms with Gasteiger partial charge in [-0.1, -0.05) is 19.3 Å². The number of nitrogens with zero attached hydrogens (tertiary/aromatic N) is 1. The van der Waals surface area contributed by atoms with Crippen molar-refractivity contribution in [3.05, 3.63) is 0 Å². The van der Waals surface area contributed by atoms with E-state index in [2.05, 4.69) is 0 Å². The zero-order valence-electron chi connectivity index (χ0n) is 10.5. The Morgan fingerprint density at radius 3 is 2.59 bits per heavy atom. The first-order valence-electron chi connectivity index (χ1n) is 6.82. The number of nitrogens with two attached hydrogens (primary N) is 1. The molecule has 0 aromatic carbocycles. The molecule has 2 aliphatic rings. The van der Waals surface area contributed by atoms with E-state index in [1.165, 1.54) is 6.42 Å². The Morgan fingerprint density at radius 2 is 2.06 bits per heavy atom. The van der Waals surface area contributed by atoms with Crippen molar-refractivity contribution in [3.8, 4) is 0 Å². The van der Waals surface area contributed by atoms with Crippen LogP contribution in [0.1, 0.15) is 38.5 Å². The molecule has 0 aromatic heterocycles. The third kappa shape index (κ3) is 2.47. The van der Waals surface area contributed by atoms with Gasteiger partial charge in [-0.05, 0) is 19.3 Å². The van der Waals surface area contributed by atoms with Gasteiger partial charge in [0.15, 0.2) is 0 Å². The predicted octanol–water partition coefficient (Wildman–Crippen LogP) is 0.736. The van der Waals surface area contributed by atoms with Crippen molar-refractivity contribution in [1.29, 1.82) is 0 Å². The van der Waals surface area contributed by atoms with Crippen LogP contribution in [0.5, 0.6) is 0 Å². The molecule has 0 bridgehead atoms. The maximum atomic E-state index is 12.6. The lowest BCUT2D eigenvalue weighted by Crippen LogP contribution is -2.48. The molecule has 17 heavy (non-hydrogen) atoms. The normalized spacial score (nSPS) is 28.4. The number of aliphatic hydroxyl groups excluding tert-OH is 1. The molecule has 0 radical (unpaired) electrons. The van der Waals surface area contributed by atoms with Gasteiger partial charge >= 0.3 is 0 Å². The molecule has 0 spiro atoms. The van der Waals surface area contributed by atoms with E-state index in [9.17, 15) is 4.79 Å². The molecule has 4 heteroatoms. The Balaban J connectivity index is 2.02. The Hall–Kier alpha value is -0.610. The monoisotopic (exact) mass is 240 g/mol. The summed E-state index contributed by atoms with van der Waals surface area (Å²) in [6.45, 7) is 2.19. The van der Waals surface area contributed by atoms with Gasteiger partial charge in [0.05, 0.1) is 5.41 Å². The molecule has 1 unspecified atom stereocenters. The summed E-state index contributed by atoms with van der Waals surface area (Å²) in [5.41, 5.74) is 5.59. The first kappa shape index (κ1) is 12.8. The van der Waals surface area contributed by atoms with Crippen LogP contribution in [0.25, 0.3) is 0 Å². The zero-order valence-corrected chi connectivity index (χ0v) is 10.5. The van der Waals surface area contributed by atoms with E-state index in [4.69, 9.17) is 10.8 Å². The van der Waals surface area contributed by atoms with Crippen molar-refractivity contribution in [2.45, 2.75) is 38.5 Å². The summed E-state index contributed by atoms with van der Waals surface area (Å²) >= 11 is 0. The van der Waals surface area contributed by atoms with Crippen molar-refractivity contribution in [3.63, 3.8) is 0 Å². The first-order valence-corrected chi connectivity index (χ1v) is 6.82. The largest absolute Gasteiger partial charge is 0.396 e. The van der Waals surface area contributed by atoms with Crippen LogP contribution in [-0.4, -0.2) is 42.2 Å². The SMILES string of the molecule is NCC1(C(=O)N2CCC(CO)C2)CCCCC1. The summed E-state index contributed by atoms with van der Waals surface area (Å²) in [4.78, 5) is 14.5. The van der Waals surface area contributed by atoms with Gasteiger partial charge in [0.2, 0.25) is 5.91 Å². The van der Waals surface area contributed by atoms with Gasteiger partial charge in [0, 0.05) is 32.2 Å². The lowest BCUT2D eigenvalue weighted by atomic mass is 9.73. The third-order valence-electron chi connectivity index (χ3n) is 4.49. The number of rotatable bonds is 3. The lowest BCUT2D eigenvalue weighted by Gasteiger charge is -2.37. The highest BCUT2D eigenvalue weighted by atomic mass is 16.3. The highest BCUT2D eigenvalue weighted by Gasteiger charge is 2.42. The van der Waals surface area contributed by atoms with Crippen LogP contribution in [0.2, 0.25) is 0 Å². The molecule has 4 nitrogen and oxygen atoms in total. The molecular formula is C13H24N2O2. The highest BCUT2D eigenvalue weighted by molar-refractivity contribution is 5.83. The number of hydrogen-bond acceptors (Lipinski definition) is 3. The van der Waals surface area contributed by atoms with E-state index in [1.807, 2.05) is 4.90 Å². The third-order valence-corrected chi connectivity index (χ3v) is 4.49. The molecule has 1 saturated carbocycles. The van der Waals surface area contributed by atoms with E-state index in [0.717, 1.165) is 45.2 Å². The fourth-order valence-corrected chi connectivity index (χ4v) is 3.24. The molecular weight excluding hydrogens is 216 g/mol. The molecule has 0 aromatic rings. The van der Waals surface area contributed by atoms with E-state index in [-0.39, 0.29) is 23.8 Å². The smallest absolute Gasteiger partial charge is 0.230 e. The number of aliphatic hydroxyl groups is 1. The summed E-state index contributed by atoms with van der Waals surface area (Å²) < 4.78 is 0. The van der Waals surface area contributed by atoms with Crippen LogP contribution < -0.4 is 5.73 Å². The van der Waals surface area contributed by atoms with E-state index in [1.54, 1.807) is 0 Å². The minimum absolute atomic E-state index is 0.194. The average molecular weight is 240 g/mol. The maximum absolute atomic E-state index is 12.6. The summed E-state index contributed by atoms with van der Waals surface area (Å²) in [7, 11) is 0. The van der Waals surface area contributed by atoms with Crippen LogP contribution in [0, 0.1) is 11.3 Å². The van der Waals surface area contributed by atoms with E-state index in [0.29, 0.717) is 6.54 Å². The van der Waals surface area contributed by atoms with Gasteiger partial charge in [-0.2, -0.15) is 0 Å². The zero-order chi connectivity index (χ0) is 12.3. The highest BCUT2D eigenvalue weighted by Crippen LogP contribution is 2.38. The topological polar surface area (TPSA) is 66.6 Å². The number of likely N-dealkylation sites (tertiary alicyclic amines) is 1. The van der Waals surface area contributed by atoms with E-state index < -0.39 is 0 Å². The van der Waals surface area contributed by atoms with Gasteiger partial charge in [-0.25, -0.2) is 0 Å². The standard InChI is InChI=1S/C13H24N2O2/c14-10-13(5-2-1-3-6-13)12(17)15-7-4-11(8-15)9-16/h11,16H,1-10,14H2. The minimum Gasteiger partial charge on any atom is -0.396 e. The molecule has 1 amide bonds. The van der Waals surface area contributed by atoms with Gasteiger partial charge in [-0.15, -0.1) is 0 Å². The van der Waals surface area contributed by atoms with Crippen molar-refractivity contribution in [2.24, 2.45) is 17.1 Å². The molecule has 98 valence electrons. The van der Waals surface area contributed by atoms with Crippen LogP contribution in [0.4, 0.5) is 0 Å². The molecule has 1 aliphatic heterocycles. The second kappa shape index (κ2) is 5.36. The van der Waals surface area contributed by atoms with Crippen molar-refractivity contribution < 1.29 is 9.90 Å². The number of carbonyl (C=O) groups is 1. The maximum Gasteiger partial charge on any atom is 0.230 e. The van der Waals surface area contributed by atoms with Gasteiger partial charge in [-0.3, -0.25) is 4.79 Å². The second-order valence-corrected chi connectivity index (χ2v) is 5.63. The minimum atomic E-state index is -0.289. The molecule has 2 fully saturated rings. The Morgan fingerprint density at radius 1 is 1.35 bits per heavy atom. The van der Waals surface area contributed by atoms with Crippen LogP contribution in [0.3, 0.4) is 0 Å². The van der Waals surface area contributed by atoms with Crippen LogP contribution >= 0.6 is 0 Å². The summed E-state index contributed by atoms with van der Waals surface area (Å²) in [6.07, 6.45) is 6.31. The van der Waals surface area contributed by atoms with Crippen molar-refractivity contribution in [1.82, 2.24) is 4.90 Å². The quantitative estimate of drug-likeness (QED) is 0.764. The van der Waals surface area contributed by atoms with Crippen LogP contribution in [0.15, 0.2) is 0 Å². The Bertz CT molecular complexity index is 275. The predicted molar refractivity (Wildman–Crippen MR) is 66.3 cm³/mol. The first-order chi connectivity index (χ1) is 8.22. The molecule has 2 rings (SSSR count). The fourth-order valence-electron chi connectivity index (χ4n) is 3.24.